The summed E-state index contributed by atoms with van der Waals surface area (Å²) in [7, 11) is 0. The van der Waals surface area contributed by atoms with E-state index < -0.39 is 6.04 Å². The average Bonchev–Trinajstić information content (AvgIpc) is 3.43. The molecule has 7 nitrogen and oxygen atoms in total. The van der Waals surface area contributed by atoms with Gasteiger partial charge in [-0.3, -0.25) is 9.59 Å². The van der Waals surface area contributed by atoms with Gasteiger partial charge in [0.05, 0.1) is 43.0 Å². The maximum Gasteiger partial charge on any atom is 0.291 e. The summed E-state index contributed by atoms with van der Waals surface area (Å²) in [5.41, 5.74) is 2.16. The number of ether oxygens (including phenoxy) is 2. The van der Waals surface area contributed by atoms with Crippen molar-refractivity contribution in [3.8, 4) is 11.5 Å². The zero-order chi connectivity index (χ0) is 23.8. The van der Waals surface area contributed by atoms with Gasteiger partial charge in [0.1, 0.15) is 11.3 Å². The molecule has 2 aromatic carbocycles. The number of amides is 1. The molecule has 7 heteroatoms. The third-order valence-electron chi connectivity index (χ3n) is 5.91. The molecule has 0 aliphatic carbocycles. The van der Waals surface area contributed by atoms with Crippen LogP contribution in [0.25, 0.3) is 11.0 Å². The molecule has 1 aliphatic heterocycles. The molecular weight excluding hydrogens is 434 g/mol. The van der Waals surface area contributed by atoms with E-state index in [4.69, 9.17) is 18.3 Å². The van der Waals surface area contributed by atoms with E-state index in [0.29, 0.717) is 47.0 Å². The molecule has 34 heavy (non-hydrogen) atoms. The maximum absolute atomic E-state index is 13.7. The summed E-state index contributed by atoms with van der Waals surface area (Å²) in [5, 5.41) is 0.451. The Kier molecular flexibility index (Phi) is 5.61. The lowest BCUT2D eigenvalue weighted by Gasteiger charge is -2.25. The largest absolute Gasteiger partial charge is 0.490 e. The summed E-state index contributed by atoms with van der Waals surface area (Å²) in [6.45, 7) is 6.84. The predicted octanol–water partition coefficient (Wildman–Crippen LogP) is 5.24. The van der Waals surface area contributed by atoms with Gasteiger partial charge in [0.25, 0.3) is 5.91 Å². The van der Waals surface area contributed by atoms with E-state index in [2.05, 4.69) is 0 Å². The second kappa shape index (κ2) is 8.74. The van der Waals surface area contributed by atoms with Crippen LogP contribution in [0.1, 0.15) is 52.9 Å². The Morgan fingerprint density at radius 2 is 1.76 bits per heavy atom. The van der Waals surface area contributed by atoms with Crippen LogP contribution in [0.2, 0.25) is 0 Å². The monoisotopic (exact) mass is 459 g/mol. The van der Waals surface area contributed by atoms with E-state index in [1.165, 1.54) is 0 Å². The number of carbonyl (C=O) groups is 1. The van der Waals surface area contributed by atoms with Gasteiger partial charge >= 0.3 is 0 Å². The summed E-state index contributed by atoms with van der Waals surface area (Å²) < 4.78 is 23.0. The van der Waals surface area contributed by atoms with Crippen LogP contribution in [0.4, 0.5) is 0 Å². The Morgan fingerprint density at radius 3 is 2.50 bits per heavy atom. The summed E-state index contributed by atoms with van der Waals surface area (Å²) in [6.07, 6.45) is 1.56. The van der Waals surface area contributed by atoms with Crippen molar-refractivity contribution in [3.05, 3.63) is 93.2 Å². The molecule has 1 aliphatic rings. The van der Waals surface area contributed by atoms with Crippen molar-refractivity contribution in [2.45, 2.75) is 33.4 Å². The van der Waals surface area contributed by atoms with Crippen molar-refractivity contribution < 1.29 is 23.1 Å². The Labute approximate surface area is 196 Å². The highest BCUT2D eigenvalue weighted by molar-refractivity contribution is 5.99. The number of hydrogen-bond acceptors (Lipinski definition) is 6. The summed E-state index contributed by atoms with van der Waals surface area (Å²) in [6, 6.07) is 13.8. The Hall–Kier alpha value is -4.00. The molecule has 5 rings (SSSR count). The van der Waals surface area contributed by atoms with Crippen LogP contribution < -0.4 is 14.9 Å². The van der Waals surface area contributed by atoms with Crippen molar-refractivity contribution in [1.82, 2.24) is 4.90 Å². The van der Waals surface area contributed by atoms with E-state index in [-0.39, 0.29) is 23.6 Å². The van der Waals surface area contributed by atoms with E-state index in [0.717, 1.165) is 11.1 Å². The predicted molar refractivity (Wildman–Crippen MR) is 126 cm³/mol. The average molecular weight is 459 g/mol. The van der Waals surface area contributed by atoms with E-state index >= 15 is 0 Å². The fraction of sp³-hybridized carbons (Fsp3) is 0.259. The van der Waals surface area contributed by atoms with Crippen LogP contribution >= 0.6 is 0 Å². The summed E-state index contributed by atoms with van der Waals surface area (Å²) in [4.78, 5) is 28.9. The number of furan rings is 1. The minimum absolute atomic E-state index is 0.0600. The normalized spacial score (nSPS) is 15.1. The molecule has 2 aromatic heterocycles. The fourth-order valence-corrected chi connectivity index (χ4v) is 4.45. The van der Waals surface area contributed by atoms with Crippen LogP contribution in [-0.4, -0.2) is 24.0 Å². The number of benzene rings is 2. The number of carbonyl (C=O) groups excluding carboxylic acids is 1. The van der Waals surface area contributed by atoms with Gasteiger partial charge in [-0.1, -0.05) is 17.7 Å². The van der Waals surface area contributed by atoms with Gasteiger partial charge in [-0.25, -0.2) is 0 Å². The van der Waals surface area contributed by atoms with Gasteiger partial charge in [-0.05, 0) is 62.7 Å². The van der Waals surface area contributed by atoms with Crippen molar-refractivity contribution >= 4 is 16.9 Å². The van der Waals surface area contributed by atoms with E-state index in [1.807, 2.05) is 45.0 Å². The van der Waals surface area contributed by atoms with Crippen molar-refractivity contribution in [3.63, 3.8) is 0 Å². The summed E-state index contributed by atoms with van der Waals surface area (Å²) >= 11 is 0. The number of aryl methyl sites for hydroxylation is 1. The highest BCUT2D eigenvalue weighted by Crippen LogP contribution is 2.41. The molecule has 0 N–H and O–H groups in total. The third-order valence-corrected chi connectivity index (χ3v) is 5.91. The second-order valence-corrected chi connectivity index (χ2v) is 8.16. The van der Waals surface area contributed by atoms with Crippen LogP contribution in [-0.2, 0) is 6.54 Å². The quantitative estimate of drug-likeness (QED) is 0.376. The molecule has 0 radical (unpaired) electrons. The third kappa shape index (κ3) is 3.63. The number of nitrogens with zero attached hydrogens (tertiary/aromatic N) is 1. The second-order valence-electron chi connectivity index (χ2n) is 8.16. The standard InChI is InChI=1S/C27H25NO6/c1-4-31-21-11-9-17(14-22(21)32-5-2)24-23-25(29)19-13-16(3)8-10-20(19)34-26(23)27(30)28(24)15-18-7-6-12-33-18/h6-14,24H,4-5,15H2,1-3H3/t24-/m1/s1. The highest BCUT2D eigenvalue weighted by atomic mass is 16.5. The van der Waals surface area contributed by atoms with Gasteiger partial charge < -0.3 is 23.2 Å². The summed E-state index contributed by atoms with van der Waals surface area (Å²) in [5.74, 6) is 1.47. The molecule has 174 valence electrons. The molecule has 0 spiro atoms. The molecule has 1 atom stereocenters. The first-order valence-corrected chi connectivity index (χ1v) is 11.3. The van der Waals surface area contributed by atoms with Crippen LogP contribution in [0.15, 0.2) is 68.4 Å². The number of hydrogen-bond donors (Lipinski definition) is 0. The lowest BCUT2D eigenvalue weighted by atomic mass is 9.97. The zero-order valence-electron chi connectivity index (χ0n) is 19.3. The van der Waals surface area contributed by atoms with Gasteiger partial charge in [-0.2, -0.15) is 0 Å². The molecule has 4 aromatic rings. The van der Waals surface area contributed by atoms with Gasteiger partial charge in [0, 0.05) is 0 Å². The molecule has 1 amide bonds. The highest BCUT2D eigenvalue weighted by Gasteiger charge is 2.43. The topological polar surface area (TPSA) is 82.1 Å². The molecular formula is C27H25NO6. The minimum atomic E-state index is -0.663. The van der Waals surface area contributed by atoms with Crippen molar-refractivity contribution in [1.29, 1.82) is 0 Å². The molecule has 0 unspecified atom stereocenters. The Morgan fingerprint density at radius 1 is 0.971 bits per heavy atom. The van der Waals surface area contributed by atoms with Gasteiger partial charge in [0.15, 0.2) is 16.9 Å². The molecule has 0 bridgehead atoms. The lowest BCUT2D eigenvalue weighted by molar-refractivity contribution is 0.0701. The molecule has 0 saturated carbocycles. The molecule has 0 fully saturated rings. The van der Waals surface area contributed by atoms with E-state index in [1.54, 1.807) is 35.4 Å². The van der Waals surface area contributed by atoms with Crippen LogP contribution in [0.5, 0.6) is 11.5 Å². The van der Waals surface area contributed by atoms with Crippen LogP contribution in [0.3, 0.4) is 0 Å². The molecule has 3 heterocycles. The minimum Gasteiger partial charge on any atom is -0.490 e. The zero-order valence-corrected chi connectivity index (χ0v) is 19.3. The smallest absolute Gasteiger partial charge is 0.291 e. The first kappa shape index (κ1) is 21.8. The SMILES string of the molecule is CCOc1ccc([C@@H]2c3c(oc4ccc(C)cc4c3=O)C(=O)N2Cc2ccco2)cc1OCC. The maximum atomic E-state index is 13.7. The first-order chi connectivity index (χ1) is 16.5. The number of fused-ring (bicyclic) bond motifs is 2. The van der Waals surface area contributed by atoms with Crippen LogP contribution in [0, 0.1) is 6.92 Å². The van der Waals surface area contributed by atoms with E-state index in [9.17, 15) is 9.59 Å². The van der Waals surface area contributed by atoms with Crippen molar-refractivity contribution in [2.75, 3.05) is 13.2 Å². The van der Waals surface area contributed by atoms with Gasteiger partial charge in [0.2, 0.25) is 5.76 Å². The Balaban J connectivity index is 1.72. The number of rotatable bonds is 7. The van der Waals surface area contributed by atoms with Crippen molar-refractivity contribution in [2.24, 2.45) is 0 Å². The lowest BCUT2D eigenvalue weighted by Crippen LogP contribution is -2.29. The first-order valence-electron chi connectivity index (χ1n) is 11.3. The van der Waals surface area contributed by atoms with Gasteiger partial charge in [-0.15, -0.1) is 0 Å². The molecule has 0 saturated heterocycles. The fourth-order valence-electron chi connectivity index (χ4n) is 4.45. The Bertz CT molecular complexity index is 1420.